The van der Waals surface area contributed by atoms with Crippen LogP contribution in [0, 0.1) is 12.7 Å². The molecule has 0 aromatic heterocycles. The number of aliphatic hydroxyl groups excluding tert-OH is 1. The molecular weight excluding hydrogens is 341 g/mol. The molecule has 1 atom stereocenters. The van der Waals surface area contributed by atoms with Gasteiger partial charge in [-0.15, -0.1) is 0 Å². The fraction of sp³-hybridized carbons (Fsp3) is 0.600. The molecule has 0 amide bonds. The zero-order valence-corrected chi connectivity index (χ0v) is 14.2. The number of rotatable bonds is 9. The standard InChI is InChI=1S/C15H23BrFNO3/c1-10(2)21-5-4-20-9-12(19)8-18-15-7-13(16)14(17)6-11(15)3/h6-7,10,12,18-19H,4-5,8-9H2,1-3H3. The SMILES string of the molecule is Cc1cc(F)c(Br)cc1NCC(O)COCCOC(C)C. The van der Waals surface area contributed by atoms with Crippen LogP contribution < -0.4 is 5.32 Å². The van der Waals surface area contributed by atoms with Gasteiger partial charge in [0.15, 0.2) is 0 Å². The Hall–Kier alpha value is -0.690. The smallest absolute Gasteiger partial charge is 0.137 e. The summed E-state index contributed by atoms with van der Waals surface area (Å²) in [5.41, 5.74) is 1.57. The molecule has 0 spiro atoms. The van der Waals surface area contributed by atoms with Gasteiger partial charge in [-0.25, -0.2) is 4.39 Å². The molecule has 21 heavy (non-hydrogen) atoms. The van der Waals surface area contributed by atoms with Crippen molar-refractivity contribution in [3.05, 3.63) is 28.0 Å². The third-order valence-corrected chi connectivity index (χ3v) is 3.39. The van der Waals surface area contributed by atoms with Crippen LogP contribution in [-0.2, 0) is 9.47 Å². The average molecular weight is 364 g/mol. The summed E-state index contributed by atoms with van der Waals surface area (Å²) < 4.78 is 24.3. The van der Waals surface area contributed by atoms with Crippen molar-refractivity contribution in [2.45, 2.75) is 33.0 Å². The number of benzene rings is 1. The van der Waals surface area contributed by atoms with Crippen molar-refractivity contribution in [3.63, 3.8) is 0 Å². The van der Waals surface area contributed by atoms with Crippen LogP contribution in [0.4, 0.5) is 10.1 Å². The average Bonchev–Trinajstić information content (AvgIpc) is 2.40. The first-order valence-corrected chi connectivity index (χ1v) is 7.76. The van der Waals surface area contributed by atoms with Crippen molar-refractivity contribution in [1.82, 2.24) is 0 Å². The molecule has 0 aliphatic heterocycles. The maximum atomic E-state index is 13.3. The van der Waals surface area contributed by atoms with E-state index in [9.17, 15) is 9.50 Å². The van der Waals surface area contributed by atoms with E-state index in [1.54, 1.807) is 6.07 Å². The van der Waals surface area contributed by atoms with E-state index < -0.39 is 6.10 Å². The first-order valence-electron chi connectivity index (χ1n) is 6.97. The van der Waals surface area contributed by atoms with Crippen molar-refractivity contribution in [1.29, 1.82) is 0 Å². The second-order valence-electron chi connectivity index (χ2n) is 5.11. The number of aryl methyl sites for hydroxylation is 1. The highest BCUT2D eigenvalue weighted by molar-refractivity contribution is 9.10. The lowest BCUT2D eigenvalue weighted by atomic mass is 10.2. The van der Waals surface area contributed by atoms with Crippen LogP contribution in [0.1, 0.15) is 19.4 Å². The molecule has 0 aliphatic carbocycles. The summed E-state index contributed by atoms with van der Waals surface area (Å²) in [4.78, 5) is 0. The maximum Gasteiger partial charge on any atom is 0.137 e. The number of halogens is 2. The van der Waals surface area contributed by atoms with Crippen LogP contribution in [0.15, 0.2) is 16.6 Å². The fourth-order valence-electron chi connectivity index (χ4n) is 1.69. The maximum absolute atomic E-state index is 13.3. The molecular formula is C15H23BrFNO3. The summed E-state index contributed by atoms with van der Waals surface area (Å²) in [5, 5.41) is 12.9. The highest BCUT2D eigenvalue weighted by Crippen LogP contribution is 2.24. The van der Waals surface area contributed by atoms with E-state index >= 15 is 0 Å². The molecule has 6 heteroatoms. The van der Waals surface area contributed by atoms with E-state index in [0.29, 0.717) is 24.2 Å². The minimum absolute atomic E-state index is 0.181. The molecule has 0 bridgehead atoms. The first kappa shape index (κ1) is 18.4. The van der Waals surface area contributed by atoms with Crippen LogP contribution in [0.5, 0.6) is 0 Å². The molecule has 0 radical (unpaired) electrons. The normalized spacial score (nSPS) is 12.7. The number of nitrogens with one attached hydrogen (secondary N) is 1. The predicted molar refractivity (Wildman–Crippen MR) is 85.2 cm³/mol. The van der Waals surface area contributed by atoms with Gasteiger partial charge in [-0.1, -0.05) is 0 Å². The molecule has 120 valence electrons. The van der Waals surface area contributed by atoms with Gasteiger partial charge < -0.3 is 19.9 Å². The summed E-state index contributed by atoms with van der Waals surface area (Å²) in [6.45, 7) is 7.27. The molecule has 0 heterocycles. The van der Waals surface area contributed by atoms with E-state index in [4.69, 9.17) is 9.47 Å². The Morgan fingerprint density at radius 3 is 2.71 bits per heavy atom. The molecule has 4 nitrogen and oxygen atoms in total. The van der Waals surface area contributed by atoms with Gasteiger partial charge in [-0.2, -0.15) is 0 Å². The largest absolute Gasteiger partial charge is 0.389 e. The van der Waals surface area contributed by atoms with Gasteiger partial charge in [0.25, 0.3) is 0 Å². The van der Waals surface area contributed by atoms with Gasteiger partial charge in [0.05, 0.1) is 36.5 Å². The number of aliphatic hydroxyl groups is 1. The Kier molecular flexibility index (Phi) is 8.18. The lowest BCUT2D eigenvalue weighted by molar-refractivity contribution is -0.00734. The Balaban J connectivity index is 2.27. The Bertz CT molecular complexity index is 443. The number of hydrogen-bond donors (Lipinski definition) is 2. The zero-order valence-electron chi connectivity index (χ0n) is 12.7. The Morgan fingerprint density at radius 1 is 1.33 bits per heavy atom. The Morgan fingerprint density at radius 2 is 2.05 bits per heavy atom. The molecule has 0 aliphatic rings. The molecule has 1 rings (SSSR count). The van der Waals surface area contributed by atoms with Crippen LogP contribution >= 0.6 is 15.9 Å². The highest BCUT2D eigenvalue weighted by Gasteiger charge is 2.08. The first-order chi connectivity index (χ1) is 9.90. The zero-order chi connectivity index (χ0) is 15.8. The third-order valence-electron chi connectivity index (χ3n) is 2.78. The third kappa shape index (κ3) is 7.22. The monoisotopic (exact) mass is 363 g/mol. The topological polar surface area (TPSA) is 50.7 Å². The van der Waals surface area contributed by atoms with E-state index in [0.717, 1.165) is 11.3 Å². The summed E-state index contributed by atoms with van der Waals surface area (Å²) in [6.07, 6.45) is -0.452. The van der Waals surface area contributed by atoms with E-state index in [1.807, 2.05) is 20.8 Å². The van der Waals surface area contributed by atoms with E-state index in [-0.39, 0.29) is 18.5 Å². The lowest BCUT2D eigenvalue weighted by Crippen LogP contribution is -2.26. The molecule has 0 saturated heterocycles. The fourth-order valence-corrected chi connectivity index (χ4v) is 2.03. The second-order valence-corrected chi connectivity index (χ2v) is 5.96. The minimum atomic E-state index is -0.632. The number of anilines is 1. The van der Waals surface area contributed by atoms with Crippen LogP contribution in [0.25, 0.3) is 0 Å². The van der Waals surface area contributed by atoms with E-state index in [1.165, 1.54) is 6.07 Å². The van der Waals surface area contributed by atoms with Crippen molar-refractivity contribution in [2.75, 3.05) is 31.7 Å². The molecule has 1 aromatic rings. The molecule has 1 aromatic carbocycles. The summed E-state index contributed by atoms with van der Waals surface area (Å²) in [7, 11) is 0. The number of ether oxygens (including phenoxy) is 2. The van der Waals surface area contributed by atoms with Crippen LogP contribution in [0.2, 0.25) is 0 Å². The van der Waals surface area contributed by atoms with Crippen molar-refractivity contribution in [3.8, 4) is 0 Å². The van der Waals surface area contributed by atoms with Gasteiger partial charge in [0.2, 0.25) is 0 Å². The van der Waals surface area contributed by atoms with Crippen molar-refractivity contribution >= 4 is 21.6 Å². The van der Waals surface area contributed by atoms with Crippen molar-refractivity contribution in [2.24, 2.45) is 0 Å². The van der Waals surface area contributed by atoms with Crippen LogP contribution in [-0.4, -0.2) is 43.7 Å². The summed E-state index contributed by atoms with van der Waals surface area (Å²) in [6, 6.07) is 3.10. The minimum Gasteiger partial charge on any atom is -0.389 e. The Labute approximate surface area is 133 Å². The van der Waals surface area contributed by atoms with Crippen molar-refractivity contribution < 1.29 is 19.0 Å². The molecule has 0 fully saturated rings. The number of hydrogen-bond acceptors (Lipinski definition) is 4. The predicted octanol–water partition coefficient (Wildman–Crippen LogP) is 3.11. The molecule has 2 N–H and O–H groups in total. The van der Waals surface area contributed by atoms with Gasteiger partial charge in [0.1, 0.15) is 5.82 Å². The summed E-state index contributed by atoms with van der Waals surface area (Å²) in [5.74, 6) is -0.299. The lowest BCUT2D eigenvalue weighted by Gasteiger charge is -2.15. The van der Waals surface area contributed by atoms with Gasteiger partial charge in [-0.05, 0) is 54.4 Å². The van der Waals surface area contributed by atoms with Gasteiger partial charge in [-0.3, -0.25) is 0 Å². The highest BCUT2D eigenvalue weighted by atomic mass is 79.9. The molecule has 0 saturated carbocycles. The van der Waals surface area contributed by atoms with E-state index in [2.05, 4.69) is 21.2 Å². The van der Waals surface area contributed by atoms with Gasteiger partial charge >= 0.3 is 0 Å². The molecule has 1 unspecified atom stereocenters. The second kappa shape index (κ2) is 9.35. The van der Waals surface area contributed by atoms with Gasteiger partial charge in [0, 0.05) is 12.2 Å². The summed E-state index contributed by atoms with van der Waals surface area (Å²) >= 11 is 3.14. The van der Waals surface area contributed by atoms with Crippen LogP contribution in [0.3, 0.4) is 0 Å². The quantitative estimate of drug-likeness (QED) is 0.661.